The molecule has 2 heteroatoms. The van der Waals surface area contributed by atoms with Crippen molar-refractivity contribution in [2.75, 3.05) is 0 Å². The highest BCUT2D eigenvalue weighted by molar-refractivity contribution is 4.96. The second-order valence-electron chi connectivity index (χ2n) is 2.77. The summed E-state index contributed by atoms with van der Waals surface area (Å²) in [6.45, 7) is 4.35. The first-order valence-corrected chi connectivity index (χ1v) is 3.51. The minimum atomic E-state index is 0.577. The number of rotatable bonds is 1. The van der Waals surface area contributed by atoms with Crippen LogP contribution in [-0.4, -0.2) is 4.98 Å². The topological polar surface area (TPSA) is 16.8 Å². The summed E-state index contributed by atoms with van der Waals surface area (Å²) >= 11 is 0. The maximum atomic E-state index is 3.99. The molecule has 1 heterocycles. The number of aryl methyl sites for hydroxylation is 1. The summed E-state index contributed by atoms with van der Waals surface area (Å²) in [4.78, 5) is 3.99. The third-order valence-corrected chi connectivity index (χ3v) is 1.57. The molecule has 54 valence electrons. The molecule has 1 rings (SSSR count). The van der Waals surface area contributed by atoms with Crippen molar-refractivity contribution in [3.8, 4) is 0 Å². The van der Waals surface area contributed by atoms with E-state index >= 15 is 0 Å². The van der Waals surface area contributed by atoms with E-state index < -0.39 is 0 Å². The molecule has 0 aromatic carbocycles. The van der Waals surface area contributed by atoms with Gasteiger partial charge >= 0.3 is 0 Å². The summed E-state index contributed by atoms with van der Waals surface area (Å²) in [5.41, 5.74) is 1.31. The normalized spacial score (nSPS) is 10.4. The summed E-state index contributed by atoms with van der Waals surface area (Å²) in [6, 6.07) is 2.05. The molecule has 0 saturated heterocycles. The molecular formula is C8H13N2+. The van der Waals surface area contributed by atoms with Gasteiger partial charge in [-0.1, -0.05) is 18.8 Å². The maximum absolute atomic E-state index is 3.99. The Labute approximate surface area is 61.5 Å². The van der Waals surface area contributed by atoms with Gasteiger partial charge < -0.3 is 0 Å². The van der Waals surface area contributed by atoms with Gasteiger partial charge in [-0.15, -0.1) is 0 Å². The lowest BCUT2D eigenvalue weighted by molar-refractivity contribution is -0.683. The fourth-order valence-electron chi connectivity index (χ4n) is 1.04. The quantitative estimate of drug-likeness (QED) is 0.528. The summed E-state index contributed by atoms with van der Waals surface area (Å²) in [5, 5.41) is 0. The van der Waals surface area contributed by atoms with Crippen molar-refractivity contribution in [3.05, 3.63) is 24.3 Å². The van der Waals surface area contributed by atoms with Gasteiger partial charge in [-0.2, -0.15) is 0 Å². The van der Waals surface area contributed by atoms with Crippen molar-refractivity contribution < 1.29 is 4.57 Å². The lowest BCUT2D eigenvalue weighted by Crippen LogP contribution is -2.34. The maximum Gasteiger partial charge on any atom is 0.286 e. The molecule has 1 aromatic heterocycles. The largest absolute Gasteiger partial charge is 0.286 e. The minimum absolute atomic E-state index is 0.577. The van der Waals surface area contributed by atoms with Gasteiger partial charge in [0.25, 0.3) is 6.33 Å². The zero-order valence-electron chi connectivity index (χ0n) is 6.70. The molecule has 0 atom stereocenters. The first-order valence-electron chi connectivity index (χ1n) is 3.51. The number of nitrogens with zero attached hydrogens (tertiary/aromatic N) is 2. The Hall–Kier alpha value is -0.920. The minimum Gasteiger partial charge on any atom is -0.237 e. The number of hydrogen-bond donors (Lipinski definition) is 0. The van der Waals surface area contributed by atoms with E-state index in [9.17, 15) is 0 Å². The lowest BCUT2D eigenvalue weighted by Gasteiger charge is -2.02. The zero-order valence-corrected chi connectivity index (χ0v) is 6.70. The van der Waals surface area contributed by atoms with Crippen LogP contribution in [-0.2, 0) is 7.05 Å². The van der Waals surface area contributed by atoms with E-state index in [1.165, 1.54) is 5.69 Å². The van der Waals surface area contributed by atoms with Gasteiger partial charge in [0, 0.05) is 12.0 Å². The zero-order chi connectivity index (χ0) is 7.56. The highest BCUT2D eigenvalue weighted by atomic mass is 15.0. The predicted molar refractivity (Wildman–Crippen MR) is 39.5 cm³/mol. The van der Waals surface area contributed by atoms with Gasteiger partial charge in [-0.05, 0) is 0 Å². The van der Waals surface area contributed by atoms with Crippen molar-refractivity contribution in [2.45, 2.75) is 19.8 Å². The highest BCUT2D eigenvalue weighted by Gasteiger charge is 2.05. The van der Waals surface area contributed by atoms with Crippen molar-refractivity contribution in [1.29, 1.82) is 0 Å². The van der Waals surface area contributed by atoms with Crippen LogP contribution in [0.3, 0.4) is 0 Å². The summed E-state index contributed by atoms with van der Waals surface area (Å²) in [5.74, 6) is 0.577. The van der Waals surface area contributed by atoms with E-state index in [1.54, 1.807) is 0 Å². The molecule has 0 aliphatic rings. The summed E-state index contributed by atoms with van der Waals surface area (Å²) < 4.78 is 2.05. The molecule has 0 aliphatic heterocycles. The van der Waals surface area contributed by atoms with Crippen LogP contribution in [0, 0.1) is 0 Å². The van der Waals surface area contributed by atoms with Crippen molar-refractivity contribution in [3.63, 3.8) is 0 Å². The molecule has 0 fully saturated rings. The number of hydrogen-bond acceptors (Lipinski definition) is 1. The third kappa shape index (κ3) is 1.32. The van der Waals surface area contributed by atoms with Crippen LogP contribution >= 0.6 is 0 Å². The summed E-state index contributed by atoms with van der Waals surface area (Å²) in [7, 11) is 2.02. The molecule has 0 amide bonds. The molecule has 0 aliphatic carbocycles. The molecule has 0 N–H and O–H groups in total. The van der Waals surface area contributed by atoms with Gasteiger partial charge in [-0.25, -0.2) is 4.57 Å². The Morgan fingerprint density at radius 1 is 1.50 bits per heavy atom. The van der Waals surface area contributed by atoms with Crippen LogP contribution in [0.25, 0.3) is 0 Å². The molecular weight excluding hydrogens is 124 g/mol. The first kappa shape index (κ1) is 7.19. The molecule has 1 aromatic rings. The van der Waals surface area contributed by atoms with E-state index in [-0.39, 0.29) is 0 Å². The monoisotopic (exact) mass is 137 g/mol. The fraction of sp³-hybridized carbons (Fsp3) is 0.500. The smallest absolute Gasteiger partial charge is 0.237 e. The average Bonchev–Trinajstić information content (AvgIpc) is 1.88. The van der Waals surface area contributed by atoms with Crippen LogP contribution in [0.5, 0.6) is 0 Å². The van der Waals surface area contributed by atoms with Gasteiger partial charge in [-0.3, -0.25) is 0 Å². The Bertz CT molecular complexity index is 218. The van der Waals surface area contributed by atoms with E-state index in [0.717, 1.165) is 0 Å². The Balaban J connectivity index is 3.03. The predicted octanol–water partition coefficient (Wildman–Crippen LogP) is 1.03. The Morgan fingerprint density at radius 2 is 2.20 bits per heavy atom. The van der Waals surface area contributed by atoms with Crippen molar-refractivity contribution in [1.82, 2.24) is 4.98 Å². The van der Waals surface area contributed by atoms with E-state index in [2.05, 4.69) is 18.8 Å². The molecule has 0 unspecified atom stereocenters. The van der Waals surface area contributed by atoms with Crippen LogP contribution in [0.2, 0.25) is 0 Å². The van der Waals surface area contributed by atoms with E-state index in [4.69, 9.17) is 0 Å². The standard InChI is InChI=1S/C8H13N2/c1-7(2)8-4-5-9-6-10(8)3/h4-7H,1-3H3/q+1. The molecule has 0 saturated carbocycles. The first-order chi connectivity index (χ1) is 4.72. The summed E-state index contributed by atoms with van der Waals surface area (Å²) in [6.07, 6.45) is 3.66. The Morgan fingerprint density at radius 3 is 2.60 bits per heavy atom. The molecule has 10 heavy (non-hydrogen) atoms. The molecule has 2 nitrogen and oxygen atoms in total. The van der Waals surface area contributed by atoms with E-state index in [1.807, 2.05) is 30.2 Å². The van der Waals surface area contributed by atoms with Gasteiger partial charge in [0.1, 0.15) is 11.9 Å². The van der Waals surface area contributed by atoms with Crippen molar-refractivity contribution >= 4 is 0 Å². The van der Waals surface area contributed by atoms with Gasteiger partial charge in [0.15, 0.2) is 0 Å². The lowest BCUT2D eigenvalue weighted by atomic mass is 10.1. The van der Waals surface area contributed by atoms with Crippen LogP contribution < -0.4 is 4.57 Å². The van der Waals surface area contributed by atoms with Gasteiger partial charge in [0.05, 0.1) is 7.05 Å². The van der Waals surface area contributed by atoms with Gasteiger partial charge in [0.2, 0.25) is 0 Å². The molecule has 0 bridgehead atoms. The second-order valence-corrected chi connectivity index (χ2v) is 2.77. The second kappa shape index (κ2) is 2.78. The SMILES string of the molecule is CC(C)c1ccnc[n+]1C. The Kier molecular flexibility index (Phi) is 2.00. The fourth-order valence-corrected chi connectivity index (χ4v) is 1.04. The number of aromatic nitrogens is 2. The van der Waals surface area contributed by atoms with Crippen LogP contribution in [0.4, 0.5) is 0 Å². The highest BCUT2D eigenvalue weighted by Crippen LogP contribution is 2.05. The van der Waals surface area contributed by atoms with Crippen molar-refractivity contribution in [2.24, 2.45) is 7.05 Å². The van der Waals surface area contributed by atoms with E-state index in [0.29, 0.717) is 5.92 Å². The molecule has 0 spiro atoms. The van der Waals surface area contributed by atoms with Crippen LogP contribution in [0.15, 0.2) is 18.6 Å². The third-order valence-electron chi connectivity index (χ3n) is 1.57. The molecule has 0 radical (unpaired) electrons. The average molecular weight is 137 g/mol. The van der Waals surface area contributed by atoms with Crippen LogP contribution in [0.1, 0.15) is 25.5 Å².